The number of benzene rings is 3. The lowest BCUT2D eigenvalue weighted by molar-refractivity contribution is 0.306. The van der Waals surface area contributed by atoms with Crippen LogP contribution in [-0.4, -0.2) is 0 Å². The second-order valence-electron chi connectivity index (χ2n) is 5.83. The fourth-order valence-electron chi connectivity index (χ4n) is 2.49. The molecule has 0 aliphatic carbocycles. The maximum Gasteiger partial charge on any atom is 0.123 e. The van der Waals surface area contributed by atoms with Crippen LogP contribution in [0, 0.1) is 12.7 Å². The first-order chi connectivity index (χ1) is 12.1. The average Bonchev–Trinajstić information content (AvgIpc) is 2.63. The highest BCUT2D eigenvalue weighted by molar-refractivity contribution is 6.31. The van der Waals surface area contributed by atoms with Crippen molar-refractivity contribution in [2.75, 3.05) is 5.32 Å². The Labute approximate surface area is 152 Å². The second kappa shape index (κ2) is 8.04. The van der Waals surface area contributed by atoms with E-state index in [1.807, 2.05) is 49.4 Å². The third-order valence-corrected chi connectivity index (χ3v) is 4.38. The normalized spacial score (nSPS) is 10.5. The minimum atomic E-state index is -0.242. The van der Waals surface area contributed by atoms with Crippen LogP contribution >= 0.6 is 11.6 Å². The summed E-state index contributed by atoms with van der Waals surface area (Å²) in [5.74, 6) is 0.541. The molecule has 0 atom stereocenters. The molecule has 4 heteroatoms. The van der Waals surface area contributed by atoms with Gasteiger partial charge in [0, 0.05) is 17.3 Å². The Hall–Kier alpha value is -2.52. The van der Waals surface area contributed by atoms with Gasteiger partial charge >= 0.3 is 0 Å². The third-order valence-electron chi connectivity index (χ3n) is 3.97. The zero-order valence-electron chi connectivity index (χ0n) is 13.9. The van der Waals surface area contributed by atoms with Crippen molar-refractivity contribution < 1.29 is 9.13 Å². The summed E-state index contributed by atoms with van der Waals surface area (Å²) < 4.78 is 18.7. The molecule has 0 saturated carbocycles. The zero-order valence-corrected chi connectivity index (χ0v) is 14.7. The van der Waals surface area contributed by atoms with Crippen molar-refractivity contribution in [3.05, 3.63) is 94.3 Å². The first kappa shape index (κ1) is 17.3. The van der Waals surface area contributed by atoms with E-state index in [9.17, 15) is 4.39 Å². The van der Waals surface area contributed by atoms with E-state index in [2.05, 4.69) is 5.32 Å². The number of halogens is 2. The van der Waals surface area contributed by atoms with Gasteiger partial charge in [0.15, 0.2) is 0 Å². The maximum absolute atomic E-state index is 12.9. The molecule has 128 valence electrons. The molecule has 0 aromatic heterocycles. The van der Waals surface area contributed by atoms with Gasteiger partial charge in [-0.25, -0.2) is 4.39 Å². The summed E-state index contributed by atoms with van der Waals surface area (Å²) >= 11 is 6.15. The van der Waals surface area contributed by atoms with Gasteiger partial charge in [-0.3, -0.25) is 0 Å². The van der Waals surface area contributed by atoms with Crippen molar-refractivity contribution in [2.45, 2.75) is 20.1 Å². The van der Waals surface area contributed by atoms with Gasteiger partial charge in [-0.1, -0.05) is 41.9 Å². The van der Waals surface area contributed by atoms with Crippen molar-refractivity contribution in [1.29, 1.82) is 0 Å². The minimum Gasteiger partial charge on any atom is -0.489 e. The molecule has 0 unspecified atom stereocenters. The lowest BCUT2D eigenvalue weighted by atomic mass is 10.1. The van der Waals surface area contributed by atoms with Gasteiger partial charge in [0.25, 0.3) is 0 Å². The first-order valence-electron chi connectivity index (χ1n) is 8.07. The van der Waals surface area contributed by atoms with Crippen molar-refractivity contribution in [1.82, 2.24) is 0 Å². The highest BCUT2D eigenvalue weighted by Crippen LogP contribution is 2.24. The molecule has 3 aromatic rings. The largest absolute Gasteiger partial charge is 0.489 e. The monoisotopic (exact) mass is 355 g/mol. The molecule has 0 amide bonds. The molecule has 0 heterocycles. The van der Waals surface area contributed by atoms with Gasteiger partial charge in [-0.15, -0.1) is 0 Å². The maximum atomic E-state index is 12.9. The van der Waals surface area contributed by atoms with Crippen LogP contribution in [0.25, 0.3) is 0 Å². The summed E-state index contributed by atoms with van der Waals surface area (Å²) in [5.41, 5.74) is 4.09. The van der Waals surface area contributed by atoms with E-state index in [4.69, 9.17) is 16.3 Å². The smallest absolute Gasteiger partial charge is 0.123 e. The summed E-state index contributed by atoms with van der Waals surface area (Å²) in [7, 11) is 0. The van der Waals surface area contributed by atoms with E-state index in [0.29, 0.717) is 13.2 Å². The molecule has 3 rings (SSSR count). The number of hydrogen-bond acceptors (Lipinski definition) is 2. The lowest BCUT2D eigenvalue weighted by Crippen LogP contribution is -2.02. The van der Waals surface area contributed by atoms with E-state index < -0.39 is 0 Å². The van der Waals surface area contributed by atoms with Crippen LogP contribution in [0.15, 0.2) is 66.7 Å². The van der Waals surface area contributed by atoms with E-state index >= 15 is 0 Å². The van der Waals surface area contributed by atoms with E-state index in [-0.39, 0.29) is 5.82 Å². The van der Waals surface area contributed by atoms with Crippen molar-refractivity contribution >= 4 is 17.3 Å². The van der Waals surface area contributed by atoms with Gasteiger partial charge in [0.2, 0.25) is 0 Å². The summed E-state index contributed by atoms with van der Waals surface area (Å²) in [6, 6.07) is 20.1. The summed E-state index contributed by atoms with van der Waals surface area (Å²) in [6.45, 7) is 3.08. The minimum absolute atomic E-state index is 0.242. The zero-order chi connectivity index (χ0) is 17.6. The molecule has 0 saturated heterocycles. The van der Waals surface area contributed by atoms with Crippen molar-refractivity contribution in [2.24, 2.45) is 0 Å². The Morgan fingerprint density at radius 2 is 1.72 bits per heavy atom. The summed E-state index contributed by atoms with van der Waals surface area (Å²) in [4.78, 5) is 0. The highest BCUT2D eigenvalue weighted by Gasteiger charge is 2.03. The molecule has 0 spiro atoms. The predicted molar refractivity (Wildman–Crippen MR) is 101 cm³/mol. The Morgan fingerprint density at radius 1 is 0.960 bits per heavy atom. The Morgan fingerprint density at radius 3 is 2.52 bits per heavy atom. The Bertz CT molecular complexity index is 849. The van der Waals surface area contributed by atoms with Crippen LogP contribution in [0.2, 0.25) is 5.02 Å². The molecule has 2 nitrogen and oxygen atoms in total. The van der Waals surface area contributed by atoms with Crippen LogP contribution in [0.4, 0.5) is 10.1 Å². The van der Waals surface area contributed by atoms with Crippen LogP contribution in [0.1, 0.15) is 16.7 Å². The number of anilines is 1. The Balaban J connectivity index is 1.61. The SMILES string of the molecule is Cc1c(Cl)cccc1NCc1cccc(OCc2ccc(F)cc2)c1. The standard InChI is InChI=1S/C21H19ClFNO/c1-15-20(22)6-3-7-21(15)24-13-17-4-2-5-19(12-17)25-14-16-8-10-18(23)11-9-16/h2-12,24H,13-14H2,1H3. The quantitative estimate of drug-likeness (QED) is 0.587. The number of nitrogens with one attached hydrogen (secondary N) is 1. The van der Waals surface area contributed by atoms with Crippen molar-refractivity contribution in [3.8, 4) is 5.75 Å². The van der Waals surface area contributed by atoms with Crippen LogP contribution in [0.5, 0.6) is 5.75 Å². The third kappa shape index (κ3) is 4.74. The number of rotatable bonds is 6. The van der Waals surface area contributed by atoms with Crippen LogP contribution in [-0.2, 0) is 13.2 Å². The predicted octanol–water partition coefficient (Wildman–Crippen LogP) is 5.98. The first-order valence-corrected chi connectivity index (χ1v) is 8.45. The molecule has 25 heavy (non-hydrogen) atoms. The molecule has 0 aliphatic rings. The molecule has 0 bridgehead atoms. The number of ether oxygens (including phenoxy) is 1. The van der Waals surface area contributed by atoms with Crippen LogP contribution < -0.4 is 10.1 Å². The van der Waals surface area contributed by atoms with Gasteiger partial charge in [-0.2, -0.15) is 0 Å². The van der Waals surface area contributed by atoms with Gasteiger partial charge < -0.3 is 10.1 Å². The fourth-order valence-corrected chi connectivity index (χ4v) is 2.66. The average molecular weight is 356 g/mol. The molecular formula is C21H19ClFNO. The molecule has 3 aromatic carbocycles. The topological polar surface area (TPSA) is 21.3 Å². The second-order valence-corrected chi connectivity index (χ2v) is 6.24. The molecule has 0 aliphatic heterocycles. The van der Waals surface area contributed by atoms with Gasteiger partial charge in [0.05, 0.1) is 0 Å². The molecule has 0 radical (unpaired) electrons. The fraction of sp³-hybridized carbons (Fsp3) is 0.143. The van der Waals surface area contributed by atoms with Gasteiger partial charge in [-0.05, 0) is 60.0 Å². The highest BCUT2D eigenvalue weighted by atomic mass is 35.5. The van der Waals surface area contributed by atoms with Gasteiger partial charge in [0.1, 0.15) is 18.2 Å². The summed E-state index contributed by atoms with van der Waals surface area (Å²) in [5, 5.41) is 4.15. The van der Waals surface area contributed by atoms with E-state index in [1.54, 1.807) is 12.1 Å². The van der Waals surface area contributed by atoms with Crippen molar-refractivity contribution in [3.63, 3.8) is 0 Å². The lowest BCUT2D eigenvalue weighted by Gasteiger charge is -2.12. The Kier molecular flexibility index (Phi) is 5.56. The summed E-state index contributed by atoms with van der Waals surface area (Å²) in [6.07, 6.45) is 0. The van der Waals surface area contributed by atoms with E-state index in [1.165, 1.54) is 12.1 Å². The van der Waals surface area contributed by atoms with E-state index in [0.717, 1.165) is 33.1 Å². The molecular weight excluding hydrogens is 337 g/mol. The number of hydrogen-bond donors (Lipinski definition) is 1. The van der Waals surface area contributed by atoms with Crippen LogP contribution in [0.3, 0.4) is 0 Å². The molecule has 0 fully saturated rings. The molecule has 1 N–H and O–H groups in total.